The number of anilines is 1. The van der Waals surface area contributed by atoms with Gasteiger partial charge < -0.3 is 9.15 Å². The lowest BCUT2D eigenvalue weighted by molar-refractivity contribution is -0.142. The Morgan fingerprint density at radius 3 is 2.85 bits per heavy atom. The summed E-state index contributed by atoms with van der Waals surface area (Å²) in [5, 5.41) is 2.17. The number of esters is 1. The number of thiazole rings is 1. The molecular weight excluding hydrogens is 373 g/mol. The number of halogens is 3. The third-order valence-electron chi connectivity index (χ3n) is 3.04. The molecule has 1 amide bonds. The third kappa shape index (κ3) is 3.91. The minimum Gasteiger partial charge on any atom is -0.465 e. The molecule has 0 fully saturated rings. The van der Waals surface area contributed by atoms with E-state index in [9.17, 15) is 22.8 Å². The number of carbonyl (C=O) groups is 2. The highest BCUT2D eigenvalue weighted by Gasteiger charge is 2.18. The molecule has 0 aliphatic heterocycles. The number of nitrogens with zero attached hydrogens (tertiary/aromatic N) is 1. The molecule has 134 valence electrons. The zero-order valence-electron chi connectivity index (χ0n) is 12.8. The van der Waals surface area contributed by atoms with E-state index in [1.54, 1.807) is 12.1 Å². The largest absolute Gasteiger partial charge is 0.465 e. The van der Waals surface area contributed by atoms with Crippen molar-refractivity contribution in [2.24, 2.45) is 0 Å². The van der Waals surface area contributed by atoms with Gasteiger partial charge in [0.05, 0.1) is 11.0 Å². The van der Waals surface area contributed by atoms with Gasteiger partial charge in [0, 0.05) is 6.08 Å². The molecule has 3 rings (SSSR count). The first-order chi connectivity index (χ1) is 12.4. The monoisotopic (exact) mass is 382 g/mol. The van der Waals surface area contributed by atoms with Gasteiger partial charge in [-0.2, -0.15) is 0 Å². The number of nitrogens with one attached hydrogen (secondary N) is 1. The lowest BCUT2D eigenvalue weighted by Gasteiger charge is -2.01. The van der Waals surface area contributed by atoms with Crippen molar-refractivity contribution in [1.82, 2.24) is 4.98 Å². The van der Waals surface area contributed by atoms with Crippen molar-refractivity contribution in [3.05, 3.63) is 53.8 Å². The summed E-state index contributed by atoms with van der Waals surface area (Å²) in [6.45, 7) is -0.623. The predicted molar refractivity (Wildman–Crippen MR) is 86.8 cm³/mol. The van der Waals surface area contributed by atoms with Gasteiger partial charge in [0.1, 0.15) is 11.3 Å². The van der Waals surface area contributed by atoms with Crippen LogP contribution in [-0.2, 0) is 14.3 Å². The number of carbonyl (C=O) groups excluding carboxylic acids is 2. The maximum atomic E-state index is 13.6. The average Bonchev–Trinajstić information content (AvgIpc) is 3.26. The van der Waals surface area contributed by atoms with Crippen LogP contribution in [0.3, 0.4) is 0 Å². The van der Waals surface area contributed by atoms with Crippen molar-refractivity contribution in [3.8, 4) is 0 Å². The molecule has 0 unspecified atom stereocenters. The highest BCUT2D eigenvalue weighted by atomic mass is 32.1. The number of rotatable bonds is 5. The van der Waals surface area contributed by atoms with Crippen LogP contribution in [0.15, 0.2) is 35.0 Å². The van der Waals surface area contributed by atoms with Crippen molar-refractivity contribution in [2.75, 3.05) is 11.9 Å². The molecule has 0 radical (unpaired) electrons. The van der Waals surface area contributed by atoms with Crippen LogP contribution in [0.2, 0.25) is 0 Å². The molecule has 26 heavy (non-hydrogen) atoms. The smallest absolute Gasteiger partial charge is 0.331 e. The van der Waals surface area contributed by atoms with Crippen molar-refractivity contribution in [3.63, 3.8) is 0 Å². The number of amides is 1. The van der Waals surface area contributed by atoms with Crippen LogP contribution >= 0.6 is 11.3 Å². The molecule has 0 aliphatic carbocycles. The summed E-state index contributed by atoms with van der Waals surface area (Å²) >= 11 is 0.749. The highest BCUT2D eigenvalue weighted by molar-refractivity contribution is 7.22. The Morgan fingerprint density at radius 1 is 1.31 bits per heavy atom. The molecule has 3 aromatic rings. The molecule has 0 saturated heterocycles. The lowest BCUT2D eigenvalue weighted by Crippen LogP contribution is -2.20. The van der Waals surface area contributed by atoms with Gasteiger partial charge in [0.25, 0.3) is 5.91 Å². The second kappa shape index (κ2) is 7.40. The predicted octanol–water partition coefficient (Wildman–Crippen LogP) is 3.50. The number of fused-ring (bicyclic) bond motifs is 1. The van der Waals surface area contributed by atoms with Crippen LogP contribution in [-0.4, -0.2) is 23.5 Å². The normalized spacial score (nSPS) is 11.2. The van der Waals surface area contributed by atoms with E-state index in [0.29, 0.717) is 5.76 Å². The van der Waals surface area contributed by atoms with E-state index in [4.69, 9.17) is 9.15 Å². The molecule has 2 aromatic heterocycles. The molecular formula is C16H9F3N2O4S. The summed E-state index contributed by atoms with van der Waals surface area (Å²) in [5.41, 5.74) is -0.400. The van der Waals surface area contributed by atoms with Gasteiger partial charge in [-0.3, -0.25) is 10.1 Å². The van der Waals surface area contributed by atoms with Gasteiger partial charge in [-0.1, -0.05) is 11.3 Å². The van der Waals surface area contributed by atoms with Crippen molar-refractivity contribution in [2.45, 2.75) is 0 Å². The highest BCUT2D eigenvalue weighted by Crippen LogP contribution is 2.30. The number of hydrogen-bond donors (Lipinski definition) is 1. The van der Waals surface area contributed by atoms with Crippen LogP contribution in [0.25, 0.3) is 16.3 Å². The zero-order chi connectivity index (χ0) is 18.7. The second-order valence-corrected chi connectivity index (χ2v) is 5.89. The number of aromatic nitrogens is 1. The Hall–Kier alpha value is -3.14. The molecule has 0 bridgehead atoms. The van der Waals surface area contributed by atoms with E-state index < -0.39 is 41.5 Å². The molecule has 1 aromatic carbocycles. The summed E-state index contributed by atoms with van der Waals surface area (Å²) in [4.78, 5) is 26.9. The van der Waals surface area contributed by atoms with Gasteiger partial charge in [-0.15, -0.1) is 0 Å². The Bertz CT molecular complexity index is 999. The maximum absolute atomic E-state index is 13.6. The van der Waals surface area contributed by atoms with Crippen LogP contribution in [0.5, 0.6) is 0 Å². The fourth-order valence-corrected chi connectivity index (χ4v) is 2.81. The van der Waals surface area contributed by atoms with E-state index >= 15 is 0 Å². The van der Waals surface area contributed by atoms with E-state index in [1.807, 2.05) is 0 Å². The topological polar surface area (TPSA) is 81.4 Å². The molecule has 1 N–H and O–H groups in total. The summed E-state index contributed by atoms with van der Waals surface area (Å²) in [5.74, 6) is -5.53. The SMILES string of the molecule is O=C(COC(=O)/C=C/c1ccco1)Nc1nc2c(F)c(F)c(F)cc2s1. The minimum absolute atomic E-state index is 0.0232. The molecule has 10 heteroatoms. The molecule has 0 atom stereocenters. The Morgan fingerprint density at radius 2 is 2.12 bits per heavy atom. The second-order valence-electron chi connectivity index (χ2n) is 4.86. The number of furan rings is 1. The molecule has 6 nitrogen and oxygen atoms in total. The Balaban J connectivity index is 1.59. The van der Waals surface area contributed by atoms with Crippen LogP contribution in [0.1, 0.15) is 5.76 Å². The molecule has 2 heterocycles. The van der Waals surface area contributed by atoms with Crippen molar-refractivity contribution in [1.29, 1.82) is 0 Å². The van der Waals surface area contributed by atoms with E-state index in [2.05, 4.69) is 10.3 Å². The summed E-state index contributed by atoms with van der Waals surface area (Å²) in [6.07, 6.45) is 3.86. The number of hydrogen-bond acceptors (Lipinski definition) is 6. The summed E-state index contributed by atoms with van der Waals surface area (Å²) in [7, 11) is 0. The summed E-state index contributed by atoms with van der Waals surface area (Å²) in [6, 6.07) is 4.03. The fourth-order valence-electron chi connectivity index (χ4n) is 1.90. The van der Waals surface area contributed by atoms with Gasteiger partial charge in [-0.05, 0) is 24.3 Å². The fraction of sp³-hybridized carbons (Fsp3) is 0.0625. The summed E-state index contributed by atoms with van der Waals surface area (Å²) < 4.78 is 49.7. The van der Waals surface area contributed by atoms with Crippen LogP contribution < -0.4 is 5.32 Å². The van der Waals surface area contributed by atoms with E-state index in [0.717, 1.165) is 23.5 Å². The number of ether oxygens (including phenoxy) is 1. The van der Waals surface area contributed by atoms with Gasteiger partial charge >= 0.3 is 5.97 Å². The number of benzene rings is 1. The quantitative estimate of drug-likeness (QED) is 0.415. The van der Waals surface area contributed by atoms with Gasteiger partial charge in [0.2, 0.25) is 0 Å². The Kier molecular flexibility index (Phi) is 5.03. The van der Waals surface area contributed by atoms with E-state index in [-0.39, 0.29) is 9.83 Å². The third-order valence-corrected chi connectivity index (χ3v) is 3.96. The molecule has 0 saturated carbocycles. The maximum Gasteiger partial charge on any atom is 0.331 e. The minimum atomic E-state index is -1.64. The van der Waals surface area contributed by atoms with Crippen molar-refractivity contribution < 1.29 is 31.9 Å². The average molecular weight is 382 g/mol. The lowest BCUT2D eigenvalue weighted by atomic mass is 10.3. The van der Waals surface area contributed by atoms with Crippen molar-refractivity contribution >= 4 is 44.6 Å². The Labute approximate surface area is 147 Å². The first-order valence-corrected chi connectivity index (χ1v) is 7.88. The van der Waals surface area contributed by atoms with Crippen LogP contribution in [0, 0.1) is 17.5 Å². The van der Waals surface area contributed by atoms with Gasteiger partial charge in [-0.25, -0.2) is 22.9 Å². The van der Waals surface area contributed by atoms with Crippen LogP contribution in [0.4, 0.5) is 18.3 Å². The molecule has 0 aliphatic rings. The first-order valence-electron chi connectivity index (χ1n) is 7.06. The first kappa shape index (κ1) is 17.7. The zero-order valence-corrected chi connectivity index (χ0v) is 13.6. The standard InChI is InChI=1S/C16H9F3N2O4S/c17-9-6-10-15(14(19)13(9)18)21-16(26-10)20-11(22)7-25-12(23)4-3-8-2-1-5-24-8/h1-6H,7H2,(H,20,21,22)/b4-3+. The van der Waals surface area contributed by atoms with Gasteiger partial charge in [0.15, 0.2) is 29.2 Å². The molecule has 0 spiro atoms. The van der Waals surface area contributed by atoms with E-state index in [1.165, 1.54) is 12.3 Å².